The summed E-state index contributed by atoms with van der Waals surface area (Å²) in [6.45, 7) is 4.93. The Balaban J connectivity index is 1.32. The molecule has 0 radical (unpaired) electrons. The van der Waals surface area contributed by atoms with Gasteiger partial charge in [0.2, 0.25) is 0 Å². The first kappa shape index (κ1) is 93.0. The molecule has 0 aromatic heterocycles. The van der Waals surface area contributed by atoms with Crippen LogP contribution in [0.4, 0.5) is 0 Å². The molecule has 8 aromatic carbocycles. The first-order chi connectivity index (χ1) is 57.6. The van der Waals surface area contributed by atoms with E-state index in [0.29, 0.717) is 183 Å². The Morgan fingerprint density at radius 1 is 0.169 bits per heavy atom. The molecule has 0 saturated heterocycles. The van der Waals surface area contributed by atoms with Gasteiger partial charge in [0.15, 0.2) is 92.0 Å². The normalized spacial score (nSPS) is 11.0. The number of ether oxygens (including phenoxy) is 18. The van der Waals surface area contributed by atoms with Crippen molar-refractivity contribution >= 4 is 11.9 Å². The van der Waals surface area contributed by atoms with E-state index in [1.807, 2.05) is 72.8 Å². The second-order valence-electron chi connectivity index (χ2n) is 29.5. The van der Waals surface area contributed by atoms with Gasteiger partial charge in [-0.15, -0.1) is 0 Å². The molecule has 0 aliphatic rings. The number of methoxy groups -OCH3 is 16. The Hall–Kier alpha value is -10.5. The number of carbonyl (C=O) groups is 2. The van der Waals surface area contributed by atoms with E-state index in [9.17, 15) is 0 Å². The molecule has 0 aliphatic carbocycles. The zero-order valence-electron chi connectivity index (χ0n) is 73.6. The van der Waals surface area contributed by atoms with Gasteiger partial charge in [0.25, 0.3) is 0 Å². The van der Waals surface area contributed by atoms with Crippen molar-refractivity contribution in [3.63, 3.8) is 0 Å². The summed E-state index contributed by atoms with van der Waals surface area (Å²) < 4.78 is 111. The summed E-state index contributed by atoms with van der Waals surface area (Å²) in [6, 6.07) is 29.4. The predicted molar refractivity (Wildman–Crippen MR) is 471 cm³/mol. The maximum absolute atomic E-state index is 15.1. The maximum atomic E-state index is 15.1. The summed E-state index contributed by atoms with van der Waals surface area (Å²) in [7, 11) is 25.0. The number of carbonyl (C=O) groups excluding carboxylic acids is 2. The van der Waals surface area contributed by atoms with Crippen molar-refractivity contribution in [3.05, 3.63) is 108 Å². The van der Waals surface area contributed by atoms with Crippen LogP contribution in [0.25, 0.3) is 77.9 Å². The Labute approximate surface area is 701 Å². The molecule has 0 fully saturated rings. The molecule has 0 heterocycles. The summed E-state index contributed by atoms with van der Waals surface area (Å²) in [5.74, 6) is 4.62. The first-order valence-electron chi connectivity index (χ1n) is 42.1. The monoisotopic (exact) mass is 1630 g/mol. The summed E-state index contributed by atoms with van der Waals surface area (Å²) in [5, 5.41) is 0. The number of benzene rings is 8. The van der Waals surface area contributed by atoms with Gasteiger partial charge < -0.3 is 85.3 Å². The van der Waals surface area contributed by atoms with Crippen molar-refractivity contribution in [3.8, 4) is 170 Å². The number of hydrogen-bond acceptors (Lipinski definition) is 20. The average molecular weight is 1630 g/mol. The molecular weight excluding hydrogens is 1500 g/mol. The van der Waals surface area contributed by atoms with Crippen molar-refractivity contribution in [2.24, 2.45) is 0 Å². The molecule has 0 spiro atoms. The summed E-state index contributed by atoms with van der Waals surface area (Å²) >= 11 is 0. The van der Waals surface area contributed by atoms with Gasteiger partial charge >= 0.3 is 11.9 Å². The summed E-state index contributed by atoms with van der Waals surface area (Å²) in [4.78, 5) is 30.1. The topological polar surface area (TPSA) is 200 Å². The zero-order valence-corrected chi connectivity index (χ0v) is 73.6. The zero-order chi connectivity index (χ0) is 84.9. The number of rotatable bonds is 55. The molecule has 0 amide bonds. The SMILES string of the molecule is CCCCCCCCCCCCCCCCOC(=O)c1cc(OC)c(OC)cc1-c1cc(OC)c(OC)cc1-c1cc(OC)c(OC)cc1-c1cc(OC)c(OC)cc1-c1cc(OC)c(OC)cc1-c1cc(OC)c(OC)cc1-c1cc(OC)c(OC)cc1-c1cc(OC)c(OC)cc1C(=O)OCCCCCCCCCCCCCCCC. The van der Waals surface area contributed by atoms with Crippen LogP contribution >= 0.6 is 0 Å². The lowest BCUT2D eigenvalue weighted by atomic mass is 9.82. The quantitative estimate of drug-likeness (QED) is 0.0257. The fourth-order valence-electron chi connectivity index (χ4n) is 15.6. The van der Waals surface area contributed by atoms with Crippen LogP contribution in [-0.4, -0.2) is 139 Å². The fraction of sp³-hybridized carbons (Fsp3) is 0.490. The third-order valence-corrected chi connectivity index (χ3v) is 22.1. The van der Waals surface area contributed by atoms with E-state index in [0.717, 1.165) is 38.5 Å². The van der Waals surface area contributed by atoms with Gasteiger partial charge in [-0.05, 0) is 177 Å². The van der Waals surface area contributed by atoms with Crippen molar-refractivity contribution in [2.75, 3.05) is 127 Å². The van der Waals surface area contributed by atoms with Crippen molar-refractivity contribution in [2.45, 2.75) is 194 Å². The molecule has 0 bridgehead atoms. The Kier molecular flexibility index (Phi) is 38.6. The number of hydrogen-bond donors (Lipinski definition) is 0. The highest BCUT2D eigenvalue weighted by molar-refractivity contribution is 6.08. The highest BCUT2D eigenvalue weighted by Crippen LogP contribution is 2.57. The molecule has 0 atom stereocenters. The van der Waals surface area contributed by atoms with Crippen LogP contribution in [-0.2, 0) is 9.47 Å². The lowest BCUT2D eigenvalue weighted by Crippen LogP contribution is -2.10. The van der Waals surface area contributed by atoms with Gasteiger partial charge in [-0.3, -0.25) is 0 Å². The van der Waals surface area contributed by atoms with Crippen LogP contribution in [0.15, 0.2) is 97.1 Å². The summed E-state index contributed by atoms with van der Waals surface area (Å²) in [5.41, 5.74) is 7.94. The standard InChI is InChI=1S/C98H130O20/c1-19-21-23-25-27-29-31-33-35-37-39-41-43-45-47-117-97(99)79-63-95(115-17)93(113-15)61-77(79)75-59-91(111-13)89(109-11)57-73(75)71-55-87(107-9)85(105-7)53-69(71)67-51-83(103-5)81(101-3)49-65(67)66-50-82(102-4)84(104-6)52-68(66)70-54-86(106-8)88(108-10)56-72(70)74-58-90(110-12)92(112-14)60-76(74)78-62-94(114-16)96(116-18)64-80(78)98(100)118-48-46-44-42-40-38-36-34-32-30-28-26-24-22-20-2/h49-64H,19-48H2,1-18H3. The van der Waals surface area contributed by atoms with Crippen LogP contribution in [0.2, 0.25) is 0 Å². The molecule has 20 heteroatoms. The summed E-state index contributed by atoms with van der Waals surface area (Å²) in [6.07, 6.45) is 33.5. The molecule has 0 unspecified atom stereocenters. The highest BCUT2D eigenvalue weighted by atomic mass is 16.6. The lowest BCUT2D eigenvalue weighted by Gasteiger charge is -2.25. The minimum atomic E-state index is -0.561. The smallest absolute Gasteiger partial charge is 0.338 e. The first-order valence-corrected chi connectivity index (χ1v) is 42.1. The molecule has 8 aromatic rings. The van der Waals surface area contributed by atoms with Gasteiger partial charge in [-0.2, -0.15) is 0 Å². The van der Waals surface area contributed by atoms with Crippen molar-refractivity contribution < 1.29 is 94.9 Å². The van der Waals surface area contributed by atoms with Gasteiger partial charge in [-0.25, -0.2) is 9.59 Å². The van der Waals surface area contributed by atoms with Crippen molar-refractivity contribution in [1.82, 2.24) is 0 Å². The largest absolute Gasteiger partial charge is 0.493 e. The van der Waals surface area contributed by atoms with E-state index < -0.39 is 11.9 Å². The van der Waals surface area contributed by atoms with Gasteiger partial charge in [0.1, 0.15) is 0 Å². The second-order valence-corrected chi connectivity index (χ2v) is 29.5. The minimum absolute atomic E-state index is 0.207. The van der Waals surface area contributed by atoms with Gasteiger partial charge in [-0.1, -0.05) is 181 Å². The molecule has 0 aliphatic heterocycles. The van der Waals surface area contributed by atoms with Crippen LogP contribution in [0.3, 0.4) is 0 Å². The van der Waals surface area contributed by atoms with Crippen LogP contribution in [0.5, 0.6) is 92.0 Å². The van der Waals surface area contributed by atoms with E-state index in [1.165, 1.54) is 143 Å². The van der Waals surface area contributed by atoms with Crippen LogP contribution in [0, 0.1) is 0 Å². The third kappa shape index (κ3) is 23.9. The van der Waals surface area contributed by atoms with Crippen LogP contribution in [0.1, 0.15) is 214 Å². The Morgan fingerprint density at radius 3 is 0.432 bits per heavy atom. The maximum Gasteiger partial charge on any atom is 0.338 e. The molecule has 20 nitrogen and oxygen atoms in total. The van der Waals surface area contributed by atoms with Gasteiger partial charge in [0.05, 0.1) is 138 Å². The van der Waals surface area contributed by atoms with E-state index >= 15 is 9.59 Å². The van der Waals surface area contributed by atoms with Gasteiger partial charge in [0, 0.05) is 11.1 Å². The molecule has 8 rings (SSSR count). The number of unbranched alkanes of at least 4 members (excludes halogenated alkanes) is 26. The molecule has 0 saturated carbocycles. The Morgan fingerprint density at radius 2 is 0.288 bits per heavy atom. The predicted octanol–water partition coefficient (Wildman–Crippen LogP) is 24.8. The van der Waals surface area contributed by atoms with E-state index in [2.05, 4.69) is 13.8 Å². The molecular formula is C98H130O20. The van der Waals surface area contributed by atoms with E-state index in [-0.39, 0.29) is 24.3 Å². The number of esters is 2. The van der Waals surface area contributed by atoms with E-state index in [1.54, 1.807) is 124 Å². The van der Waals surface area contributed by atoms with Crippen LogP contribution < -0.4 is 75.8 Å². The Bertz CT molecular complexity index is 4220. The minimum Gasteiger partial charge on any atom is -0.493 e. The average Bonchev–Trinajstić information content (AvgIpc) is 0.732. The molecule has 0 N–H and O–H groups in total. The fourth-order valence-corrected chi connectivity index (χ4v) is 15.6. The molecule has 118 heavy (non-hydrogen) atoms. The second kappa shape index (κ2) is 49.0. The third-order valence-electron chi connectivity index (χ3n) is 22.1. The highest BCUT2D eigenvalue weighted by Gasteiger charge is 2.32. The van der Waals surface area contributed by atoms with E-state index in [4.69, 9.17) is 85.3 Å². The lowest BCUT2D eigenvalue weighted by molar-refractivity contribution is 0.0489. The molecule has 642 valence electrons. The van der Waals surface area contributed by atoms with Crippen molar-refractivity contribution in [1.29, 1.82) is 0 Å².